The molecule has 30 heavy (non-hydrogen) atoms. The summed E-state index contributed by atoms with van der Waals surface area (Å²) in [5.41, 5.74) is 1.51. The van der Waals surface area contributed by atoms with E-state index in [1.807, 2.05) is 27.2 Å². The number of alkyl halides is 1. The first-order chi connectivity index (χ1) is 14.4. The van der Waals surface area contributed by atoms with Crippen LogP contribution in [0.2, 0.25) is 0 Å². The van der Waals surface area contributed by atoms with Gasteiger partial charge in [0.2, 0.25) is 5.95 Å². The third kappa shape index (κ3) is 4.22. The molecule has 2 saturated heterocycles. The molecular weight excluding hydrogens is 385 g/mol. The van der Waals surface area contributed by atoms with Crippen molar-refractivity contribution in [3.8, 4) is 6.07 Å². The van der Waals surface area contributed by atoms with E-state index in [1.54, 1.807) is 17.1 Å². The number of nitrogens with one attached hydrogen (secondary N) is 2. The number of likely N-dealkylation sites (tertiary alicyclic amines) is 1. The lowest BCUT2D eigenvalue weighted by atomic mass is 9.86. The Hall–Kier alpha value is -2.77. The molecule has 0 radical (unpaired) electrons. The van der Waals surface area contributed by atoms with E-state index >= 15 is 0 Å². The van der Waals surface area contributed by atoms with Crippen LogP contribution in [0.3, 0.4) is 0 Å². The molecule has 4 rings (SSSR count). The Morgan fingerprint density at radius 3 is 2.77 bits per heavy atom. The van der Waals surface area contributed by atoms with Crippen molar-refractivity contribution in [2.75, 3.05) is 43.4 Å². The Bertz CT molecular complexity index is 931. The number of nitrogens with zero attached hydrogens (tertiary/aromatic N) is 7. The quantitative estimate of drug-likeness (QED) is 0.702. The molecule has 0 saturated carbocycles. The maximum Gasteiger partial charge on any atom is 0.229 e. The Labute approximate surface area is 175 Å². The molecule has 0 aliphatic carbocycles. The minimum atomic E-state index is -0.763. The molecule has 2 aromatic heterocycles. The summed E-state index contributed by atoms with van der Waals surface area (Å²) in [6, 6.07) is 2.47. The largest absolute Gasteiger partial charge is 0.352 e. The lowest BCUT2D eigenvalue weighted by Gasteiger charge is -2.51. The molecule has 2 aromatic rings. The molecule has 0 spiro atoms. The summed E-state index contributed by atoms with van der Waals surface area (Å²) >= 11 is 0. The molecular formula is C20H28FN9. The van der Waals surface area contributed by atoms with Crippen LogP contribution in [0.1, 0.15) is 18.4 Å². The predicted octanol–water partition coefficient (Wildman–Crippen LogP) is 1.37. The second kappa shape index (κ2) is 8.16. The van der Waals surface area contributed by atoms with E-state index in [9.17, 15) is 9.65 Å². The topological polar surface area (TPSA) is 97.9 Å². The van der Waals surface area contributed by atoms with E-state index in [0.29, 0.717) is 45.0 Å². The van der Waals surface area contributed by atoms with Crippen LogP contribution in [0.5, 0.6) is 0 Å². The van der Waals surface area contributed by atoms with Crippen molar-refractivity contribution in [3.63, 3.8) is 0 Å². The molecule has 0 bridgehead atoms. The van der Waals surface area contributed by atoms with E-state index in [0.717, 1.165) is 17.1 Å². The standard InChI is InChI=1S/C20H28FN9/c1-14-7-23-19(26-16-8-25-29(3)11-16)27-18(14)30-12-20(13-30,4-5-22)24-9-17-6-15(21)10-28(17)2/h7-8,11,15,17,24H,4,6,9-10,12-13H2,1-3H3,(H,23,26,27)/t15-,17+/m0/s1. The summed E-state index contributed by atoms with van der Waals surface area (Å²) in [5.74, 6) is 1.37. The lowest BCUT2D eigenvalue weighted by molar-refractivity contribution is 0.219. The smallest absolute Gasteiger partial charge is 0.229 e. The van der Waals surface area contributed by atoms with Crippen molar-refractivity contribution in [2.24, 2.45) is 7.05 Å². The van der Waals surface area contributed by atoms with Crippen molar-refractivity contribution >= 4 is 17.5 Å². The van der Waals surface area contributed by atoms with Gasteiger partial charge < -0.3 is 15.5 Å². The van der Waals surface area contributed by atoms with E-state index in [4.69, 9.17) is 0 Å². The number of likely N-dealkylation sites (N-methyl/N-ethyl adjacent to an activating group) is 1. The highest BCUT2D eigenvalue weighted by atomic mass is 19.1. The highest BCUT2D eigenvalue weighted by Crippen LogP contribution is 2.32. The van der Waals surface area contributed by atoms with Crippen LogP contribution < -0.4 is 15.5 Å². The molecule has 0 aromatic carbocycles. The lowest BCUT2D eigenvalue weighted by Crippen LogP contribution is -2.70. The molecule has 9 nitrogen and oxygen atoms in total. The third-order valence-corrected chi connectivity index (χ3v) is 5.96. The molecule has 0 unspecified atom stereocenters. The number of aryl methyl sites for hydroxylation is 2. The molecule has 10 heteroatoms. The Kier molecular flexibility index (Phi) is 5.58. The molecule has 2 atom stereocenters. The van der Waals surface area contributed by atoms with Crippen molar-refractivity contribution in [2.45, 2.75) is 37.5 Å². The van der Waals surface area contributed by atoms with Crippen LogP contribution in [0.25, 0.3) is 0 Å². The second-order valence-electron chi connectivity index (χ2n) is 8.51. The second-order valence-corrected chi connectivity index (χ2v) is 8.51. The molecule has 0 amide bonds. The van der Waals surface area contributed by atoms with Crippen LogP contribution in [0.15, 0.2) is 18.6 Å². The maximum atomic E-state index is 13.7. The van der Waals surface area contributed by atoms with Crippen molar-refractivity contribution in [3.05, 3.63) is 24.2 Å². The van der Waals surface area contributed by atoms with Crippen molar-refractivity contribution < 1.29 is 4.39 Å². The van der Waals surface area contributed by atoms with Crippen LogP contribution in [0, 0.1) is 18.3 Å². The zero-order chi connectivity index (χ0) is 21.3. The van der Waals surface area contributed by atoms with E-state index in [1.165, 1.54) is 0 Å². The number of nitriles is 1. The Balaban J connectivity index is 1.41. The first-order valence-electron chi connectivity index (χ1n) is 10.2. The maximum absolute atomic E-state index is 13.7. The average molecular weight is 414 g/mol. The fourth-order valence-electron chi connectivity index (χ4n) is 4.28. The van der Waals surface area contributed by atoms with E-state index < -0.39 is 6.17 Å². The summed E-state index contributed by atoms with van der Waals surface area (Å²) in [6.07, 6.45) is 5.57. The molecule has 4 heterocycles. The summed E-state index contributed by atoms with van der Waals surface area (Å²) in [5, 5.41) is 20.2. The number of rotatable bonds is 7. The van der Waals surface area contributed by atoms with Gasteiger partial charge in [0.15, 0.2) is 0 Å². The number of anilines is 3. The minimum Gasteiger partial charge on any atom is -0.352 e. The fourth-order valence-corrected chi connectivity index (χ4v) is 4.28. The SMILES string of the molecule is Cc1cnc(Nc2cnn(C)c2)nc1N1CC(CC#N)(NC[C@H]2C[C@H](F)CN2C)C1. The number of halogens is 1. The molecule has 2 aliphatic heterocycles. The van der Waals surface area contributed by atoms with Gasteiger partial charge in [0.25, 0.3) is 0 Å². The number of aromatic nitrogens is 4. The van der Waals surface area contributed by atoms with Gasteiger partial charge in [0.1, 0.15) is 12.0 Å². The van der Waals surface area contributed by atoms with Gasteiger partial charge in [-0.25, -0.2) is 9.37 Å². The van der Waals surface area contributed by atoms with Crippen molar-refractivity contribution in [1.82, 2.24) is 30.0 Å². The Morgan fingerprint density at radius 1 is 1.33 bits per heavy atom. The van der Waals surface area contributed by atoms with Gasteiger partial charge in [-0.2, -0.15) is 15.3 Å². The molecule has 160 valence electrons. The number of hydrogen-bond donors (Lipinski definition) is 2. The average Bonchev–Trinajstić information content (AvgIpc) is 3.22. The van der Waals surface area contributed by atoms with Gasteiger partial charge in [0, 0.05) is 57.2 Å². The van der Waals surface area contributed by atoms with Gasteiger partial charge in [-0.1, -0.05) is 0 Å². The molecule has 2 N–H and O–H groups in total. The first kappa shape index (κ1) is 20.5. The van der Waals surface area contributed by atoms with Gasteiger partial charge >= 0.3 is 0 Å². The summed E-state index contributed by atoms with van der Waals surface area (Å²) in [4.78, 5) is 13.3. The summed E-state index contributed by atoms with van der Waals surface area (Å²) in [6.45, 7) is 4.51. The zero-order valence-electron chi connectivity index (χ0n) is 17.6. The summed E-state index contributed by atoms with van der Waals surface area (Å²) < 4.78 is 15.4. The number of hydrogen-bond acceptors (Lipinski definition) is 8. The van der Waals surface area contributed by atoms with Crippen molar-refractivity contribution in [1.29, 1.82) is 5.26 Å². The van der Waals surface area contributed by atoms with Gasteiger partial charge in [-0.3, -0.25) is 9.58 Å². The van der Waals surface area contributed by atoms with E-state index in [2.05, 4.69) is 41.6 Å². The molecule has 2 aliphatic rings. The third-order valence-electron chi connectivity index (χ3n) is 5.96. The monoisotopic (exact) mass is 413 g/mol. The summed E-state index contributed by atoms with van der Waals surface area (Å²) in [7, 11) is 3.81. The predicted molar refractivity (Wildman–Crippen MR) is 112 cm³/mol. The van der Waals surface area contributed by atoms with Gasteiger partial charge in [-0.15, -0.1) is 0 Å². The van der Waals surface area contributed by atoms with Crippen LogP contribution >= 0.6 is 0 Å². The highest BCUT2D eigenvalue weighted by molar-refractivity contribution is 5.57. The van der Waals surface area contributed by atoms with Crippen LogP contribution in [-0.2, 0) is 7.05 Å². The van der Waals surface area contributed by atoms with Crippen LogP contribution in [-0.4, -0.2) is 75.6 Å². The molecule has 2 fully saturated rings. The van der Waals surface area contributed by atoms with Gasteiger partial charge in [-0.05, 0) is 20.4 Å². The normalized spacial score (nSPS) is 23.2. The first-order valence-corrected chi connectivity index (χ1v) is 10.2. The van der Waals surface area contributed by atoms with Gasteiger partial charge in [0.05, 0.1) is 29.9 Å². The fraction of sp³-hybridized carbons (Fsp3) is 0.600. The van der Waals surface area contributed by atoms with E-state index in [-0.39, 0.29) is 11.6 Å². The minimum absolute atomic E-state index is 0.167. The highest BCUT2D eigenvalue weighted by Gasteiger charge is 2.44. The Morgan fingerprint density at radius 2 is 2.13 bits per heavy atom. The van der Waals surface area contributed by atoms with Crippen LogP contribution in [0.4, 0.5) is 21.8 Å². The zero-order valence-corrected chi connectivity index (χ0v) is 17.6.